The molecule has 1 heterocycles. The number of hydrogen-bond acceptors (Lipinski definition) is 4. The lowest BCUT2D eigenvalue weighted by molar-refractivity contribution is 0.485. The maximum absolute atomic E-state index is 12.3. The highest BCUT2D eigenvalue weighted by molar-refractivity contribution is 7.89. The Bertz CT molecular complexity index is 466. The molecular weight excluding hydrogens is 256 g/mol. The van der Waals surface area contributed by atoms with Gasteiger partial charge < -0.3 is 5.32 Å². The lowest BCUT2D eigenvalue weighted by Crippen LogP contribution is -2.28. The van der Waals surface area contributed by atoms with E-state index in [9.17, 15) is 8.42 Å². The molecule has 0 saturated heterocycles. The summed E-state index contributed by atoms with van der Waals surface area (Å²) in [4.78, 5) is 1.37. The summed E-state index contributed by atoms with van der Waals surface area (Å²) in [6.45, 7) is 7.62. The molecule has 1 aromatic heterocycles. The molecule has 0 bridgehead atoms. The molecule has 17 heavy (non-hydrogen) atoms. The summed E-state index contributed by atoms with van der Waals surface area (Å²) in [6.07, 6.45) is 0. The molecule has 1 aromatic rings. The molecule has 0 radical (unpaired) electrons. The Hall–Kier alpha value is -0.430. The summed E-state index contributed by atoms with van der Waals surface area (Å²) in [5.41, 5.74) is 0.836. The highest BCUT2D eigenvalue weighted by Gasteiger charge is 2.26. The molecule has 6 heteroatoms. The lowest BCUT2D eigenvalue weighted by Gasteiger charge is -2.16. The van der Waals surface area contributed by atoms with Gasteiger partial charge in [-0.2, -0.15) is 0 Å². The zero-order valence-corrected chi connectivity index (χ0v) is 12.4. The summed E-state index contributed by atoms with van der Waals surface area (Å²) in [5.74, 6) is 0. The highest BCUT2D eigenvalue weighted by Crippen LogP contribution is 2.28. The molecule has 0 amide bonds. The molecule has 1 rings (SSSR count). The van der Waals surface area contributed by atoms with Crippen LogP contribution in [0.5, 0.6) is 0 Å². The van der Waals surface area contributed by atoms with E-state index in [1.54, 1.807) is 7.05 Å². The van der Waals surface area contributed by atoms with Crippen LogP contribution in [0.15, 0.2) is 10.3 Å². The summed E-state index contributed by atoms with van der Waals surface area (Å²) >= 11 is 1.50. The van der Waals surface area contributed by atoms with Gasteiger partial charge in [0.2, 0.25) is 10.0 Å². The normalized spacial score (nSPS) is 12.3. The molecule has 0 fully saturated rings. The molecule has 0 aliphatic heterocycles. The van der Waals surface area contributed by atoms with Gasteiger partial charge in [0.05, 0.1) is 0 Å². The second-order valence-electron chi connectivity index (χ2n) is 3.87. The summed E-state index contributed by atoms with van der Waals surface area (Å²) in [6, 6.07) is 0. The van der Waals surface area contributed by atoms with Crippen LogP contribution in [0, 0.1) is 6.92 Å². The first-order valence-electron chi connectivity index (χ1n) is 5.69. The summed E-state index contributed by atoms with van der Waals surface area (Å²) in [7, 11) is -1.72. The van der Waals surface area contributed by atoms with E-state index >= 15 is 0 Å². The third-order valence-electron chi connectivity index (χ3n) is 2.64. The topological polar surface area (TPSA) is 49.4 Å². The van der Waals surface area contributed by atoms with E-state index in [1.165, 1.54) is 15.6 Å². The van der Waals surface area contributed by atoms with Crippen LogP contribution in [0.2, 0.25) is 0 Å². The highest BCUT2D eigenvalue weighted by atomic mass is 32.2. The van der Waals surface area contributed by atoms with Gasteiger partial charge in [0.15, 0.2) is 0 Å². The quantitative estimate of drug-likeness (QED) is 0.862. The summed E-state index contributed by atoms with van der Waals surface area (Å²) in [5, 5.41) is 5.08. The average Bonchev–Trinajstić information content (AvgIpc) is 2.67. The Balaban J connectivity index is 3.16. The molecule has 98 valence electrons. The monoisotopic (exact) mass is 276 g/mol. The Morgan fingerprint density at radius 1 is 1.41 bits per heavy atom. The van der Waals surface area contributed by atoms with Crippen molar-refractivity contribution in [3.05, 3.63) is 15.8 Å². The van der Waals surface area contributed by atoms with Crippen molar-refractivity contribution in [3.8, 4) is 0 Å². The van der Waals surface area contributed by atoms with Gasteiger partial charge in [0, 0.05) is 25.0 Å². The molecule has 0 aromatic carbocycles. The zero-order valence-electron chi connectivity index (χ0n) is 10.8. The van der Waals surface area contributed by atoms with Gasteiger partial charge in [-0.1, -0.05) is 13.8 Å². The fraction of sp³-hybridized carbons (Fsp3) is 0.636. The van der Waals surface area contributed by atoms with Gasteiger partial charge in [-0.05, 0) is 24.4 Å². The number of aryl methyl sites for hydroxylation is 1. The largest absolute Gasteiger partial charge is 0.312 e. The van der Waals surface area contributed by atoms with Crippen LogP contribution in [-0.4, -0.2) is 32.9 Å². The minimum absolute atomic E-state index is 0.479. The molecule has 0 aliphatic rings. The fourth-order valence-corrected chi connectivity index (χ4v) is 4.42. The Labute approximate surface area is 108 Å². The SMILES string of the molecule is CCNCc1scc(C)c1S(=O)(=O)N(C)CC. The van der Waals surface area contributed by atoms with Gasteiger partial charge in [-0.15, -0.1) is 11.3 Å². The van der Waals surface area contributed by atoms with E-state index < -0.39 is 10.0 Å². The average molecular weight is 276 g/mol. The zero-order chi connectivity index (χ0) is 13.1. The van der Waals surface area contributed by atoms with Crippen molar-refractivity contribution in [3.63, 3.8) is 0 Å². The maximum atomic E-state index is 12.3. The van der Waals surface area contributed by atoms with Crippen molar-refractivity contribution in [1.29, 1.82) is 0 Å². The number of nitrogens with zero attached hydrogens (tertiary/aromatic N) is 1. The van der Waals surface area contributed by atoms with Crippen LogP contribution in [0.3, 0.4) is 0 Å². The molecular formula is C11H20N2O2S2. The van der Waals surface area contributed by atoms with Crippen molar-refractivity contribution in [1.82, 2.24) is 9.62 Å². The first-order valence-corrected chi connectivity index (χ1v) is 8.01. The van der Waals surface area contributed by atoms with Crippen molar-refractivity contribution >= 4 is 21.4 Å². The predicted molar refractivity (Wildman–Crippen MR) is 71.9 cm³/mol. The fourth-order valence-electron chi connectivity index (χ4n) is 1.52. The van der Waals surface area contributed by atoms with Gasteiger partial charge >= 0.3 is 0 Å². The van der Waals surface area contributed by atoms with E-state index in [0.29, 0.717) is 18.0 Å². The van der Waals surface area contributed by atoms with E-state index in [0.717, 1.165) is 17.0 Å². The van der Waals surface area contributed by atoms with Gasteiger partial charge in [-0.3, -0.25) is 0 Å². The first kappa shape index (κ1) is 14.6. The molecule has 0 saturated carbocycles. The minimum Gasteiger partial charge on any atom is -0.312 e. The smallest absolute Gasteiger partial charge is 0.244 e. The van der Waals surface area contributed by atoms with E-state index in [4.69, 9.17) is 0 Å². The molecule has 4 nitrogen and oxygen atoms in total. The van der Waals surface area contributed by atoms with Crippen LogP contribution < -0.4 is 5.32 Å². The van der Waals surface area contributed by atoms with Gasteiger partial charge in [0.1, 0.15) is 4.90 Å². The first-order chi connectivity index (χ1) is 7.95. The number of nitrogens with one attached hydrogen (secondary N) is 1. The number of sulfonamides is 1. The van der Waals surface area contributed by atoms with E-state index in [1.807, 2.05) is 26.2 Å². The van der Waals surface area contributed by atoms with Crippen LogP contribution in [0.4, 0.5) is 0 Å². The van der Waals surface area contributed by atoms with E-state index in [-0.39, 0.29) is 0 Å². The lowest BCUT2D eigenvalue weighted by atomic mass is 10.3. The predicted octanol–water partition coefficient (Wildman–Crippen LogP) is 1.81. The molecule has 0 spiro atoms. The number of thiophene rings is 1. The van der Waals surface area contributed by atoms with Crippen molar-refractivity contribution in [2.75, 3.05) is 20.1 Å². The number of hydrogen-bond donors (Lipinski definition) is 1. The number of rotatable bonds is 6. The van der Waals surface area contributed by atoms with Crippen LogP contribution in [-0.2, 0) is 16.6 Å². The molecule has 1 N–H and O–H groups in total. The molecule has 0 aliphatic carbocycles. The summed E-state index contributed by atoms with van der Waals surface area (Å²) < 4.78 is 26.1. The van der Waals surface area contributed by atoms with Crippen LogP contribution >= 0.6 is 11.3 Å². The van der Waals surface area contributed by atoms with Gasteiger partial charge in [-0.25, -0.2) is 12.7 Å². The third kappa shape index (κ3) is 3.07. The van der Waals surface area contributed by atoms with Crippen LogP contribution in [0.1, 0.15) is 24.3 Å². The van der Waals surface area contributed by atoms with Crippen molar-refractivity contribution < 1.29 is 8.42 Å². The van der Waals surface area contributed by atoms with Gasteiger partial charge in [0.25, 0.3) is 0 Å². The molecule has 0 unspecified atom stereocenters. The van der Waals surface area contributed by atoms with E-state index in [2.05, 4.69) is 5.32 Å². The second-order valence-corrected chi connectivity index (χ2v) is 6.82. The maximum Gasteiger partial charge on any atom is 0.244 e. The Morgan fingerprint density at radius 2 is 2.06 bits per heavy atom. The Kier molecular flexibility index (Phi) is 5.12. The van der Waals surface area contributed by atoms with Crippen LogP contribution in [0.25, 0.3) is 0 Å². The van der Waals surface area contributed by atoms with Crippen molar-refractivity contribution in [2.24, 2.45) is 0 Å². The second kappa shape index (κ2) is 5.95. The molecule has 0 atom stereocenters. The minimum atomic E-state index is -3.33. The standard InChI is InChI=1S/C11H20N2O2S2/c1-5-12-7-10-11(9(3)8-16-10)17(14,15)13(4)6-2/h8,12H,5-7H2,1-4H3. The Morgan fingerprint density at radius 3 is 2.59 bits per heavy atom. The van der Waals surface area contributed by atoms with Crippen molar-refractivity contribution in [2.45, 2.75) is 32.2 Å². The third-order valence-corrected chi connectivity index (χ3v) is 6.04.